The van der Waals surface area contributed by atoms with Gasteiger partial charge in [-0.15, -0.1) is 5.73 Å². The van der Waals surface area contributed by atoms with Crippen molar-refractivity contribution >= 4 is 19.7 Å². The summed E-state index contributed by atoms with van der Waals surface area (Å²) in [7, 11) is -1.89. The lowest BCUT2D eigenvalue weighted by atomic mass is 10.1. The average molecular weight is 317 g/mol. The lowest BCUT2D eigenvalue weighted by Crippen LogP contribution is -2.42. The van der Waals surface area contributed by atoms with Gasteiger partial charge in [0.2, 0.25) is 0 Å². The van der Waals surface area contributed by atoms with E-state index in [0.717, 1.165) is 11.1 Å². The number of ketones is 1. The second-order valence-electron chi connectivity index (χ2n) is 7.21. The molecule has 2 nitrogen and oxygen atoms in total. The van der Waals surface area contributed by atoms with Crippen molar-refractivity contribution in [1.29, 1.82) is 0 Å². The largest absolute Gasteiger partial charge is 0.409 e. The molecule has 0 saturated carbocycles. The predicted octanol–water partition coefficient (Wildman–Crippen LogP) is 5.23. The fraction of sp³-hybridized carbons (Fsp3) is 0.474. The molecule has 1 aromatic rings. The third kappa shape index (κ3) is 5.10. The quantitative estimate of drug-likeness (QED) is 0.422. The van der Waals surface area contributed by atoms with E-state index in [2.05, 4.69) is 39.6 Å². The normalized spacial score (nSPS) is 11.8. The lowest BCUT2D eigenvalue weighted by molar-refractivity contribution is -0.117. The number of benzene rings is 1. The minimum Gasteiger partial charge on any atom is -0.409 e. The zero-order valence-electron chi connectivity index (χ0n) is 14.9. The first-order valence-electron chi connectivity index (χ1n) is 7.71. The maximum Gasteiger partial charge on any atom is 0.192 e. The van der Waals surface area contributed by atoms with Gasteiger partial charge in [-0.3, -0.25) is 4.79 Å². The minimum atomic E-state index is -1.89. The Morgan fingerprint density at radius 1 is 1.14 bits per heavy atom. The molecule has 0 heterocycles. The molecule has 0 radical (unpaired) electrons. The Labute approximate surface area is 136 Å². The second-order valence-corrected chi connectivity index (χ2v) is 12.0. The molecule has 0 aliphatic carbocycles. The predicted molar refractivity (Wildman–Crippen MR) is 96.4 cm³/mol. The van der Waals surface area contributed by atoms with Crippen LogP contribution in [0.25, 0.3) is 5.57 Å². The van der Waals surface area contributed by atoms with E-state index < -0.39 is 8.32 Å². The Hall–Kier alpha value is -1.41. The highest BCUT2D eigenvalue weighted by Crippen LogP contribution is 2.36. The van der Waals surface area contributed by atoms with Crippen LogP contribution in [0.2, 0.25) is 18.1 Å². The van der Waals surface area contributed by atoms with Gasteiger partial charge in [0, 0.05) is 5.57 Å². The smallest absolute Gasteiger partial charge is 0.192 e. The molecular weight excluding hydrogens is 288 g/mol. The molecule has 0 saturated heterocycles. The van der Waals surface area contributed by atoms with Gasteiger partial charge in [-0.1, -0.05) is 51.1 Å². The van der Waals surface area contributed by atoms with E-state index in [1.807, 2.05) is 44.2 Å². The fourth-order valence-electron chi connectivity index (χ4n) is 1.68. The Morgan fingerprint density at radius 2 is 1.68 bits per heavy atom. The maximum absolute atomic E-state index is 12.3. The molecule has 0 amide bonds. The molecule has 0 bridgehead atoms. The fourth-order valence-corrected chi connectivity index (χ4v) is 2.61. The minimum absolute atomic E-state index is 0.0140. The highest BCUT2D eigenvalue weighted by Gasteiger charge is 2.37. The van der Waals surface area contributed by atoms with E-state index >= 15 is 0 Å². The molecule has 1 aromatic carbocycles. The molecule has 0 atom stereocenters. The lowest BCUT2D eigenvalue weighted by Gasteiger charge is -2.35. The van der Waals surface area contributed by atoms with Crippen molar-refractivity contribution in [3.8, 4) is 0 Å². The van der Waals surface area contributed by atoms with E-state index in [1.165, 1.54) is 0 Å². The van der Waals surface area contributed by atoms with Crippen LogP contribution in [0.1, 0.15) is 40.2 Å². The van der Waals surface area contributed by atoms with E-state index in [1.54, 1.807) is 0 Å². The number of Topliss-reactive ketones (excluding diaryl/α,β-unsaturated/α-hetero) is 1. The van der Waals surface area contributed by atoms with Crippen molar-refractivity contribution in [2.75, 3.05) is 6.61 Å². The Balaban J connectivity index is 2.84. The van der Waals surface area contributed by atoms with Gasteiger partial charge < -0.3 is 4.43 Å². The summed E-state index contributed by atoms with van der Waals surface area (Å²) >= 11 is 0. The number of hydrogen-bond acceptors (Lipinski definition) is 2. The molecule has 120 valence electrons. The molecule has 0 N–H and O–H groups in total. The molecule has 0 aliphatic rings. The van der Waals surface area contributed by atoms with Crippen LogP contribution in [0.3, 0.4) is 0 Å². The average Bonchev–Trinajstić information content (AvgIpc) is 2.44. The molecule has 0 aliphatic heterocycles. The first-order valence-corrected chi connectivity index (χ1v) is 10.6. The van der Waals surface area contributed by atoms with Crippen LogP contribution in [0.15, 0.2) is 41.6 Å². The summed E-state index contributed by atoms with van der Waals surface area (Å²) < 4.78 is 5.98. The van der Waals surface area contributed by atoms with Crippen molar-refractivity contribution in [2.24, 2.45) is 0 Å². The van der Waals surface area contributed by atoms with Crippen LogP contribution < -0.4 is 0 Å². The van der Waals surface area contributed by atoms with Crippen LogP contribution in [0, 0.1) is 0 Å². The third-order valence-corrected chi connectivity index (χ3v) is 8.85. The second kappa shape index (κ2) is 7.23. The van der Waals surface area contributed by atoms with Crippen molar-refractivity contribution in [1.82, 2.24) is 0 Å². The van der Waals surface area contributed by atoms with E-state index in [-0.39, 0.29) is 17.4 Å². The Morgan fingerprint density at radius 3 is 2.18 bits per heavy atom. The summed E-state index contributed by atoms with van der Waals surface area (Å²) in [6.45, 7) is 14.8. The van der Waals surface area contributed by atoms with Crippen LogP contribution in [-0.4, -0.2) is 20.7 Å². The Bertz CT molecular complexity index is 586. The van der Waals surface area contributed by atoms with Gasteiger partial charge in [0.15, 0.2) is 14.1 Å². The maximum atomic E-state index is 12.3. The summed E-state index contributed by atoms with van der Waals surface area (Å²) in [5.41, 5.74) is 5.87. The van der Waals surface area contributed by atoms with Gasteiger partial charge in [0.05, 0.1) is 6.61 Å². The van der Waals surface area contributed by atoms with Gasteiger partial charge >= 0.3 is 0 Å². The van der Waals surface area contributed by atoms with E-state index in [9.17, 15) is 4.79 Å². The van der Waals surface area contributed by atoms with Crippen LogP contribution in [-0.2, 0) is 9.22 Å². The highest BCUT2D eigenvalue weighted by molar-refractivity contribution is 6.74. The number of rotatable bonds is 5. The summed E-state index contributed by atoms with van der Waals surface area (Å²) in [5, 5.41) is 0.112. The number of carbonyl (C=O) groups is 1. The molecular formula is C19H28O2Si. The van der Waals surface area contributed by atoms with Gasteiger partial charge in [-0.05, 0) is 43.1 Å². The van der Waals surface area contributed by atoms with E-state index in [0.29, 0.717) is 5.57 Å². The summed E-state index contributed by atoms with van der Waals surface area (Å²) in [5.74, 6) is 0.0140. The molecule has 0 aromatic heterocycles. The summed E-state index contributed by atoms with van der Waals surface area (Å²) in [4.78, 5) is 12.3. The molecule has 3 heteroatoms. The molecule has 22 heavy (non-hydrogen) atoms. The number of hydrogen-bond donors (Lipinski definition) is 0. The van der Waals surface area contributed by atoms with Crippen molar-refractivity contribution in [3.63, 3.8) is 0 Å². The first kappa shape index (κ1) is 18.6. The molecule has 0 spiro atoms. The molecule has 0 fully saturated rings. The zero-order chi connectivity index (χ0) is 17.0. The van der Waals surface area contributed by atoms with Crippen molar-refractivity contribution < 1.29 is 9.22 Å². The van der Waals surface area contributed by atoms with Crippen LogP contribution in [0.4, 0.5) is 0 Å². The van der Waals surface area contributed by atoms with Gasteiger partial charge in [-0.2, -0.15) is 0 Å². The summed E-state index contributed by atoms with van der Waals surface area (Å²) in [6, 6.07) is 9.99. The van der Waals surface area contributed by atoms with Crippen LogP contribution >= 0.6 is 0 Å². The topological polar surface area (TPSA) is 26.3 Å². The molecule has 0 unspecified atom stereocenters. The van der Waals surface area contributed by atoms with E-state index in [4.69, 9.17) is 4.43 Å². The Kier molecular flexibility index (Phi) is 6.13. The molecule has 1 rings (SSSR count). The zero-order valence-corrected chi connectivity index (χ0v) is 15.9. The highest BCUT2D eigenvalue weighted by atomic mass is 28.4. The summed E-state index contributed by atoms with van der Waals surface area (Å²) in [6.07, 6.45) is 0. The van der Waals surface area contributed by atoms with Gasteiger partial charge in [0.1, 0.15) is 0 Å². The SMILES string of the molecule is CC(=C=C(C)c1ccccc1)C(=O)CO[Si](C)(C)C(C)(C)C. The third-order valence-electron chi connectivity index (χ3n) is 4.37. The first-order chi connectivity index (χ1) is 10.0. The standard InChI is InChI=1S/C19H28O2Si/c1-15(17-11-9-8-10-12-17)13-16(2)18(20)14-21-22(6,7)19(3,4)5/h8-12H,14H2,1-7H3. The van der Waals surface area contributed by atoms with Crippen molar-refractivity contribution in [3.05, 3.63) is 47.2 Å². The monoisotopic (exact) mass is 316 g/mol. The van der Waals surface area contributed by atoms with Crippen molar-refractivity contribution in [2.45, 2.75) is 52.8 Å². The van der Waals surface area contributed by atoms with Crippen LogP contribution in [0.5, 0.6) is 0 Å². The van der Waals surface area contributed by atoms with Gasteiger partial charge in [-0.25, -0.2) is 0 Å². The number of carbonyl (C=O) groups excluding carboxylic acids is 1. The van der Waals surface area contributed by atoms with Gasteiger partial charge in [0.25, 0.3) is 0 Å².